The number of aryl methyl sites for hydroxylation is 1. The number of benzene rings is 2. The van der Waals surface area contributed by atoms with Crippen LogP contribution >= 0.6 is 0 Å². The van der Waals surface area contributed by atoms with Gasteiger partial charge >= 0.3 is 12.1 Å². The molecule has 0 bridgehead atoms. The van der Waals surface area contributed by atoms with Crippen LogP contribution in [-0.2, 0) is 28.9 Å². The smallest absolute Gasteiger partial charge is 0.416 e. The SMILES string of the molecule is CCOC(=O)CN(Cc1cccc(OCCc2ccc(CC)cn2)c1)C(=O)Oc1ccc(OC)cc1. The molecule has 0 aliphatic carbocycles. The lowest BCUT2D eigenvalue weighted by molar-refractivity contribution is -0.144. The van der Waals surface area contributed by atoms with Crippen LogP contribution in [0.15, 0.2) is 66.9 Å². The van der Waals surface area contributed by atoms with Crippen molar-refractivity contribution in [2.24, 2.45) is 0 Å². The Bertz CT molecular complexity index is 1120. The standard InChI is InChI=1S/C28H32N2O6/c1-4-21-9-10-23(29-18-21)15-16-35-26-8-6-7-22(17-26)19-30(20-27(31)34-5-2)28(32)36-25-13-11-24(33-3)12-14-25/h6-14,17-18H,4-5,15-16,19-20H2,1-3H3. The highest BCUT2D eigenvalue weighted by Gasteiger charge is 2.21. The average Bonchev–Trinajstić information content (AvgIpc) is 2.89. The predicted octanol–water partition coefficient (Wildman–Crippen LogP) is 4.84. The average molecular weight is 493 g/mol. The van der Waals surface area contributed by atoms with Gasteiger partial charge in [-0.15, -0.1) is 0 Å². The molecule has 1 amide bonds. The first kappa shape index (κ1) is 26.5. The van der Waals surface area contributed by atoms with E-state index in [-0.39, 0.29) is 19.7 Å². The largest absolute Gasteiger partial charge is 0.497 e. The molecule has 1 heterocycles. The normalized spacial score (nSPS) is 10.4. The Morgan fingerprint density at radius 2 is 1.69 bits per heavy atom. The first-order valence-corrected chi connectivity index (χ1v) is 11.9. The van der Waals surface area contributed by atoms with Crippen molar-refractivity contribution in [3.05, 3.63) is 83.7 Å². The Kier molecular flexibility index (Phi) is 10.1. The van der Waals surface area contributed by atoms with Crippen LogP contribution in [0.4, 0.5) is 4.79 Å². The van der Waals surface area contributed by atoms with Gasteiger partial charge in [0.2, 0.25) is 0 Å². The van der Waals surface area contributed by atoms with Crippen molar-refractivity contribution in [3.8, 4) is 17.2 Å². The number of pyridine rings is 1. The summed E-state index contributed by atoms with van der Waals surface area (Å²) in [6.07, 6.45) is 2.86. The lowest BCUT2D eigenvalue weighted by atomic mass is 10.2. The van der Waals surface area contributed by atoms with Crippen LogP contribution < -0.4 is 14.2 Å². The summed E-state index contributed by atoms with van der Waals surface area (Å²) in [5.41, 5.74) is 2.95. The zero-order chi connectivity index (χ0) is 25.8. The van der Waals surface area contributed by atoms with E-state index < -0.39 is 12.1 Å². The fourth-order valence-corrected chi connectivity index (χ4v) is 3.40. The summed E-state index contributed by atoms with van der Waals surface area (Å²) in [6, 6.07) is 18.1. The van der Waals surface area contributed by atoms with Gasteiger partial charge in [0.15, 0.2) is 0 Å². The van der Waals surface area contributed by atoms with Crippen molar-refractivity contribution in [1.82, 2.24) is 9.88 Å². The summed E-state index contributed by atoms with van der Waals surface area (Å²) in [6.45, 7) is 4.40. The molecule has 0 unspecified atom stereocenters. The van der Waals surface area contributed by atoms with E-state index in [4.69, 9.17) is 18.9 Å². The molecule has 36 heavy (non-hydrogen) atoms. The van der Waals surface area contributed by atoms with Crippen LogP contribution in [0.25, 0.3) is 0 Å². The number of rotatable bonds is 12. The van der Waals surface area contributed by atoms with Crippen molar-refractivity contribution in [3.63, 3.8) is 0 Å². The van der Waals surface area contributed by atoms with Crippen LogP contribution in [0.2, 0.25) is 0 Å². The van der Waals surface area contributed by atoms with Crippen molar-refractivity contribution in [2.75, 3.05) is 26.9 Å². The summed E-state index contributed by atoms with van der Waals surface area (Å²) in [5.74, 6) is 1.13. The molecule has 8 nitrogen and oxygen atoms in total. The number of hydrogen-bond donors (Lipinski definition) is 0. The molecule has 3 rings (SSSR count). The van der Waals surface area contributed by atoms with Gasteiger partial charge in [0.05, 0.1) is 20.3 Å². The highest BCUT2D eigenvalue weighted by Crippen LogP contribution is 2.20. The molecule has 0 N–H and O–H groups in total. The number of methoxy groups -OCH3 is 1. The zero-order valence-electron chi connectivity index (χ0n) is 20.9. The second-order valence-corrected chi connectivity index (χ2v) is 7.96. The van der Waals surface area contributed by atoms with Gasteiger partial charge in [-0.2, -0.15) is 0 Å². The molecule has 0 radical (unpaired) electrons. The van der Waals surface area contributed by atoms with E-state index in [9.17, 15) is 9.59 Å². The molecule has 0 saturated heterocycles. The maximum absolute atomic E-state index is 12.9. The molecule has 3 aromatic rings. The van der Waals surface area contributed by atoms with Crippen molar-refractivity contribution in [2.45, 2.75) is 33.2 Å². The van der Waals surface area contributed by atoms with Crippen LogP contribution in [-0.4, -0.2) is 48.8 Å². The van der Waals surface area contributed by atoms with E-state index in [1.54, 1.807) is 38.3 Å². The fourth-order valence-electron chi connectivity index (χ4n) is 3.40. The second-order valence-electron chi connectivity index (χ2n) is 7.96. The maximum Gasteiger partial charge on any atom is 0.416 e. The van der Waals surface area contributed by atoms with Gasteiger partial charge in [-0.25, -0.2) is 4.79 Å². The molecular formula is C28H32N2O6. The molecule has 0 saturated carbocycles. The molecule has 0 fully saturated rings. The minimum Gasteiger partial charge on any atom is -0.497 e. The van der Waals surface area contributed by atoms with Gasteiger partial charge in [0.1, 0.15) is 23.8 Å². The maximum atomic E-state index is 12.9. The Hall–Kier alpha value is -4.07. The van der Waals surface area contributed by atoms with Crippen LogP contribution in [0, 0.1) is 0 Å². The quantitative estimate of drug-likeness (QED) is 0.334. The van der Waals surface area contributed by atoms with Gasteiger partial charge in [-0.05, 0) is 66.9 Å². The molecule has 0 atom stereocenters. The molecule has 0 aliphatic rings. The Balaban J connectivity index is 1.63. The number of carbonyl (C=O) groups excluding carboxylic acids is 2. The van der Waals surface area contributed by atoms with E-state index in [1.807, 2.05) is 36.5 Å². The monoisotopic (exact) mass is 492 g/mol. The fraction of sp³-hybridized carbons (Fsp3) is 0.321. The third-order valence-corrected chi connectivity index (χ3v) is 5.34. The number of amides is 1. The topological polar surface area (TPSA) is 87.2 Å². The zero-order valence-corrected chi connectivity index (χ0v) is 20.9. The Labute approximate surface area is 211 Å². The molecular weight excluding hydrogens is 460 g/mol. The first-order valence-electron chi connectivity index (χ1n) is 11.9. The van der Waals surface area contributed by atoms with E-state index in [0.29, 0.717) is 30.3 Å². The highest BCUT2D eigenvalue weighted by atomic mass is 16.6. The summed E-state index contributed by atoms with van der Waals surface area (Å²) in [7, 11) is 1.56. The molecule has 190 valence electrons. The van der Waals surface area contributed by atoms with Crippen molar-refractivity contribution in [1.29, 1.82) is 0 Å². The van der Waals surface area contributed by atoms with Crippen molar-refractivity contribution < 1.29 is 28.5 Å². The van der Waals surface area contributed by atoms with Crippen LogP contribution in [0.3, 0.4) is 0 Å². The highest BCUT2D eigenvalue weighted by molar-refractivity contribution is 5.79. The third kappa shape index (κ3) is 8.30. The summed E-state index contributed by atoms with van der Waals surface area (Å²) in [4.78, 5) is 30.8. The van der Waals surface area contributed by atoms with Gasteiger partial charge in [0.25, 0.3) is 0 Å². The lowest BCUT2D eigenvalue weighted by Gasteiger charge is -2.21. The summed E-state index contributed by atoms with van der Waals surface area (Å²) >= 11 is 0. The number of hydrogen-bond acceptors (Lipinski definition) is 7. The summed E-state index contributed by atoms with van der Waals surface area (Å²) in [5, 5.41) is 0. The van der Waals surface area contributed by atoms with Gasteiger partial charge in [-0.1, -0.05) is 25.1 Å². The molecule has 1 aromatic heterocycles. The summed E-state index contributed by atoms with van der Waals surface area (Å²) < 4.78 is 21.5. The van der Waals surface area contributed by atoms with Gasteiger partial charge < -0.3 is 18.9 Å². The number of nitrogens with zero attached hydrogens (tertiary/aromatic N) is 2. The van der Waals surface area contributed by atoms with Crippen LogP contribution in [0.1, 0.15) is 30.7 Å². The van der Waals surface area contributed by atoms with E-state index in [0.717, 1.165) is 17.7 Å². The number of aromatic nitrogens is 1. The number of esters is 1. The molecule has 8 heteroatoms. The number of carbonyl (C=O) groups is 2. The third-order valence-electron chi connectivity index (χ3n) is 5.34. The number of ether oxygens (including phenoxy) is 4. The molecule has 0 aliphatic heterocycles. The van der Waals surface area contributed by atoms with Gasteiger partial charge in [-0.3, -0.25) is 14.7 Å². The predicted molar refractivity (Wildman–Crippen MR) is 135 cm³/mol. The lowest BCUT2D eigenvalue weighted by Crippen LogP contribution is -2.38. The second kappa shape index (κ2) is 13.7. The molecule has 2 aromatic carbocycles. The Morgan fingerprint density at radius 3 is 2.36 bits per heavy atom. The Morgan fingerprint density at radius 1 is 0.917 bits per heavy atom. The first-order chi connectivity index (χ1) is 17.5. The minimum atomic E-state index is -0.666. The minimum absolute atomic E-state index is 0.144. The van der Waals surface area contributed by atoms with Gasteiger partial charge in [0, 0.05) is 24.9 Å². The van der Waals surface area contributed by atoms with Crippen LogP contribution in [0.5, 0.6) is 17.2 Å². The van der Waals surface area contributed by atoms with E-state index in [2.05, 4.69) is 18.0 Å². The van der Waals surface area contributed by atoms with Crippen molar-refractivity contribution >= 4 is 12.1 Å². The van der Waals surface area contributed by atoms with E-state index >= 15 is 0 Å². The molecule has 0 spiro atoms. The van der Waals surface area contributed by atoms with E-state index in [1.165, 1.54) is 10.5 Å².